The van der Waals surface area contributed by atoms with Gasteiger partial charge >= 0.3 is 0 Å². The van der Waals surface area contributed by atoms with E-state index in [0.29, 0.717) is 11.5 Å². The minimum Gasteiger partial charge on any atom is -0.332 e. The number of benzene rings is 1. The molecule has 0 saturated carbocycles. The van der Waals surface area contributed by atoms with E-state index in [4.69, 9.17) is 5.41 Å². The Morgan fingerprint density at radius 3 is 2.71 bits per heavy atom. The predicted molar refractivity (Wildman–Crippen MR) is 169 cm³/mol. The van der Waals surface area contributed by atoms with E-state index in [0.717, 1.165) is 52.1 Å². The van der Waals surface area contributed by atoms with Crippen LogP contribution in [0, 0.1) is 25.2 Å². The van der Waals surface area contributed by atoms with Crippen molar-refractivity contribution in [1.82, 2.24) is 29.0 Å². The van der Waals surface area contributed by atoms with Crippen molar-refractivity contribution in [3.05, 3.63) is 71.4 Å². The summed E-state index contributed by atoms with van der Waals surface area (Å²) < 4.78 is 3.62. The van der Waals surface area contributed by atoms with Gasteiger partial charge in [0.05, 0.1) is 28.8 Å². The monoisotopic (exact) mass is 573 g/mol. The van der Waals surface area contributed by atoms with E-state index >= 15 is 0 Å². The van der Waals surface area contributed by atoms with Crippen molar-refractivity contribution in [2.45, 2.75) is 46.6 Å². The van der Waals surface area contributed by atoms with E-state index in [1.807, 2.05) is 54.9 Å². The smallest absolute Gasteiger partial charge is 0.246 e. The Morgan fingerprint density at radius 2 is 1.95 bits per heavy atom. The second-order valence-corrected chi connectivity index (χ2v) is 10.9. The molecule has 0 spiro atoms. The number of carbonyl (C=O) groups is 1. The molecule has 0 bridgehead atoms. The maximum Gasteiger partial charge on any atom is 0.246 e. The molecule has 1 aromatic carbocycles. The zero-order valence-corrected chi connectivity index (χ0v) is 24.9. The van der Waals surface area contributed by atoms with Crippen molar-refractivity contribution in [2.24, 2.45) is 5.92 Å². The molecule has 1 atom stereocenters. The number of nitrogens with zero attached hydrogens (tertiary/aromatic N) is 6. The lowest BCUT2D eigenvalue weighted by Crippen LogP contribution is -2.34. The SMILES string of the molecule is C=N.Cc1ccc(NC(=O)Cn2cc(-c3cnc4c(N/C(S)=C/CCN5CCCC(C)C5)nc(C)cn34)cn2)cc1. The molecule has 1 aliphatic rings. The standard InChI is InChI=1S/C29H36N8OS.CH3N/c1-20-8-10-24(11-9-20)33-26(38)19-36-18-23(14-31-36)25-15-30-29-28(32-22(3)17-37(25)29)34-27(39)7-5-13-35-12-4-6-21(2)16-35;1-2/h7-11,14-15,17-18,21,39H,4-6,12-13,16,19H2,1-3H3,(H,32,34)(H,33,38);2H,1H2/b27-7-;. The third-order valence-corrected chi connectivity index (χ3v) is 7.25. The molecule has 10 nitrogen and oxygen atoms in total. The van der Waals surface area contributed by atoms with Crippen LogP contribution in [0.4, 0.5) is 11.5 Å². The van der Waals surface area contributed by atoms with Crippen LogP contribution in [0.2, 0.25) is 0 Å². The molecule has 4 aromatic rings. The number of carbonyl (C=O) groups excluding carboxylic acids is 1. The van der Waals surface area contributed by atoms with E-state index < -0.39 is 0 Å². The van der Waals surface area contributed by atoms with Crippen LogP contribution in [0.1, 0.15) is 37.4 Å². The Hall–Kier alpha value is -3.96. The molecule has 5 rings (SSSR count). The zero-order valence-electron chi connectivity index (χ0n) is 24.0. The molecule has 3 N–H and O–H groups in total. The van der Waals surface area contributed by atoms with Crippen molar-refractivity contribution in [3.8, 4) is 11.3 Å². The normalized spacial score (nSPS) is 15.8. The molecule has 4 heterocycles. The first-order chi connectivity index (χ1) is 19.8. The van der Waals surface area contributed by atoms with E-state index in [1.165, 1.54) is 25.9 Å². The zero-order chi connectivity index (χ0) is 29.4. The summed E-state index contributed by atoms with van der Waals surface area (Å²) in [5.41, 5.74) is 5.18. The number of hydrogen-bond acceptors (Lipinski definition) is 8. The van der Waals surface area contributed by atoms with Gasteiger partial charge in [-0.2, -0.15) is 5.10 Å². The third-order valence-electron chi connectivity index (χ3n) is 6.95. The quantitative estimate of drug-likeness (QED) is 0.157. The fraction of sp³-hybridized carbons (Fsp3) is 0.367. The Bertz CT molecular complexity index is 1490. The summed E-state index contributed by atoms with van der Waals surface area (Å²) in [6, 6.07) is 7.72. The molecule has 1 aliphatic heterocycles. The molecule has 3 aromatic heterocycles. The van der Waals surface area contributed by atoms with Gasteiger partial charge in [-0.25, -0.2) is 9.97 Å². The number of aromatic nitrogens is 5. The van der Waals surface area contributed by atoms with E-state index in [1.54, 1.807) is 17.1 Å². The van der Waals surface area contributed by atoms with Crippen molar-refractivity contribution in [2.75, 3.05) is 30.3 Å². The third kappa shape index (κ3) is 8.05. The Morgan fingerprint density at radius 1 is 1.17 bits per heavy atom. The van der Waals surface area contributed by atoms with Crippen LogP contribution in [0.25, 0.3) is 16.9 Å². The number of thiol groups is 1. The maximum atomic E-state index is 12.5. The summed E-state index contributed by atoms with van der Waals surface area (Å²) in [5.74, 6) is 1.29. The predicted octanol–water partition coefficient (Wildman–Crippen LogP) is 5.42. The van der Waals surface area contributed by atoms with E-state index in [2.05, 4.69) is 62.9 Å². The fourth-order valence-electron chi connectivity index (χ4n) is 5.02. The average molecular weight is 574 g/mol. The molecule has 41 heavy (non-hydrogen) atoms. The fourth-order valence-corrected chi connectivity index (χ4v) is 5.25. The van der Waals surface area contributed by atoms with Gasteiger partial charge in [0.1, 0.15) is 6.54 Å². The molecule has 216 valence electrons. The number of rotatable bonds is 9. The molecule has 0 radical (unpaired) electrons. The number of nitrogens with one attached hydrogen (secondary N) is 3. The van der Waals surface area contributed by atoms with Crippen LogP contribution in [0.5, 0.6) is 0 Å². The summed E-state index contributed by atoms with van der Waals surface area (Å²) in [4.78, 5) is 24.4. The highest BCUT2D eigenvalue weighted by atomic mass is 32.1. The van der Waals surface area contributed by atoms with Gasteiger partial charge in [0.15, 0.2) is 11.5 Å². The number of piperidine rings is 1. The summed E-state index contributed by atoms with van der Waals surface area (Å²) >= 11 is 4.67. The van der Waals surface area contributed by atoms with Crippen LogP contribution in [-0.4, -0.2) is 61.3 Å². The van der Waals surface area contributed by atoms with Crippen LogP contribution in [0.15, 0.2) is 60.2 Å². The van der Waals surface area contributed by atoms with Gasteiger partial charge in [-0.1, -0.05) is 30.7 Å². The van der Waals surface area contributed by atoms with Crippen molar-refractivity contribution in [3.63, 3.8) is 0 Å². The van der Waals surface area contributed by atoms with Gasteiger partial charge < -0.3 is 20.9 Å². The van der Waals surface area contributed by atoms with E-state index in [-0.39, 0.29) is 12.5 Å². The molecule has 1 saturated heterocycles. The first kappa shape index (κ1) is 30.0. The lowest BCUT2D eigenvalue weighted by atomic mass is 10.0. The number of imidazole rings is 1. The number of aryl methyl sites for hydroxylation is 2. The van der Waals surface area contributed by atoms with Gasteiger partial charge in [-0.3, -0.25) is 13.9 Å². The molecule has 1 unspecified atom stereocenters. The van der Waals surface area contributed by atoms with Gasteiger partial charge in [0.2, 0.25) is 5.91 Å². The van der Waals surface area contributed by atoms with Crippen molar-refractivity contribution >= 4 is 42.4 Å². The Balaban J connectivity index is 0.00000189. The van der Waals surface area contributed by atoms with Crippen LogP contribution >= 0.6 is 12.6 Å². The minimum atomic E-state index is -0.138. The van der Waals surface area contributed by atoms with Crippen LogP contribution in [-0.2, 0) is 11.3 Å². The van der Waals surface area contributed by atoms with Crippen LogP contribution < -0.4 is 10.6 Å². The number of likely N-dealkylation sites (tertiary alicyclic amines) is 1. The topological polar surface area (TPSA) is 116 Å². The molecule has 11 heteroatoms. The molecular formula is C30H39N9OS. The van der Waals surface area contributed by atoms with Crippen molar-refractivity contribution < 1.29 is 4.79 Å². The number of fused-ring (bicyclic) bond motifs is 1. The molecule has 1 fully saturated rings. The highest BCUT2D eigenvalue weighted by molar-refractivity contribution is 7.84. The highest BCUT2D eigenvalue weighted by Crippen LogP contribution is 2.25. The highest BCUT2D eigenvalue weighted by Gasteiger charge is 2.16. The minimum absolute atomic E-state index is 0.113. The second kappa shape index (κ2) is 14.1. The van der Waals surface area contributed by atoms with Gasteiger partial charge in [-0.05, 0) is 64.4 Å². The maximum absolute atomic E-state index is 12.5. The van der Waals surface area contributed by atoms with Gasteiger partial charge in [0.25, 0.3) is 0 Å². The summed E-state index contributed by atoms with van der Waals surface area (Å²) in [7, 11) is 0. The average Bonchev–Trinajstić information content (AvgIpc) is 3.58. The lowest BCUT2D eigenvalue weighted by molar-refractivity contribution is -0.116. The first-order valence-corrected chi connectivity index (χ1v) is 14.3. The number of hydrogen-bond donors (Lipinski definition) is 4. The molecule has 1 amide bonds. The largest absolute Gasteiger partial charge is 0.332 e. The number of amides is 1. The Labute approximate surface area is 246 Å². The van der Waals surface area contributed by atoms with Crippen molar-refractivity contribution in [1.29, 1.82) is 5.41 Å². The first-order valence-electron chi connectivity index (χ1n) is 13.8. The number of anilines is 2. The Kier molecular flexibility index (Phi) is 10.3. The molecule has 0 aliphatic carbocycles. The van der Waals surface area contributed by atoms with Gasteiger partial charge in [-0.15, -0.1) is 12.6 Å². The van der Waals surface area contributed by atoms with E-state index in [9.17, 15) is 4.79 Å². The summed E-state index contributed by atoms with van der Waals surface area (Å²) in [6.45, 7) is 12.3. The molecular weight excluding hydrogens is 534 g/mol. The lowest BCUT2D eigenvalue weighted by Gasteiger charge is -2.30. The second-order valence-electron chi connectivity index (χ2n) is 10.5. The van der Waals surface area contributed by atoms with Gasteiger partial charge in [0, 0.05) is 36.7 Å². The van der Waals surface area contributed by atoms with Crippen LogP contribution in [0.3, 0.4) is 0 Å². The summed E-state index contributed by atoms with van der Waals surface area (Å²) in [6.07, 6.45) is 13.0. The summed E-state index contributed by atoms with van der Waals surface area (Å²) in [5, 5.41) is 16.9.